The van der Waals surface area contributed by atoms with Crippen molar-refractivity contribution in [1.82, 2.24) is 0 Å². The number of nitrogens with zero attached hydrogens (tertiary/aromatic N) is 1. The van der Waals surface area contributed by atoms with Crippen LogP contribution in [0.25, 0.3) is 0 Å². The molecule has 0 radical (unpaired) electrons. The van der Waals surface area contributed by atoms with Crippen molar-refractivity contribution < 1.29 is 9.22 Å². The minimum Gasteiger partial charge on any atom is -0.489 e. The number of nitrogens with two attached hydrogens (primary N) is 1. The van der Waals surface area contributed by atoms with Crippen molar-refractivity contribution in [3.8, 4) is 5.75 Å². The molecule has 3 nitrogen and oxygen atoms in total. The van der Waals surface area contributed by atoms with E-state index in [0.29, 0.717) is 6.61 Å². The highest BCUT2D eigenvalue weighted by atomic mass is 16.5. The normalized spacial score (nSPS) is 11.4. The van der Waals surface area contributed by atoms with Gasteiger partial charge in [-0.15, -0.1) is 0 Å². The van der Waals surface area contributed by atoms with Gasteiger partial charge in [0, 0.05) is 11.3 Å². The topological polar surface area (TPSA) is 35.2 Å². The standard InChI is InChI=1S/C20H29N2O/c1-4-22(5-2,6-3)15-17-9-7-8-10-18(17)16-23-20-13-11-19(21)12-14-20/h7-14H,4-6,15-16,21H2,1-3H3/q+1. The van der Waals surface area contributed by atoms with E-state index in [1.54, 1.807) is 0 Å². The monoisotopic (exact) mass is 313 g/mol. The second-order valence-corrected chi connectivity index (χ2v) is 6.07. The first-order valence-corrected chi connectivity index (χ1v) is 8.52. The summed E-state index contributed by atoms with van der Waals surface area (Å²) in [5, 5.41) is 0. The highest BCUT2D eigenvalue weighted by Crippen LogP contribution is 2.20. The molecule has 0 heterocycles. The Hall–Kier alpha value is -2.00. The zero-order valence-electron chi connectivity index (χ0n) is 14.6. The fourth-order valence-electron chi connectivity index (χ4n) is 2.95. The van der Waals surface area contributed by atoms with Crippen molar-refractivity contribution in [2.75, 3.05) is 25.4 Å². The van der Waals surface area contributed by atoms with Crippen molar-refractivity contribution in [2.45, 2.75) is 33.9 Å². The smallest absolute Gasteiger partial charge is 0.119 e. The molecule has 0 aromatic heterocycles. The maximum Gasteiger partial charge on any atom is 0.119 e. The number of benzene rings is 2. The van der Waals surface area contributed by atoms with Crippen molar-refractivity contribution in [3.05, 3.63) is 59.7 Å². The Bertz CT molecular complexity index is 595. The maximum absolute atomic E-state index is 5.94. The van der Waals surface area contributed by atoms with Crippen molar-refractivity contribution in [2.24, 2.45) is 0 Å². The summed E-state index contributed by atoms with van der Waals surface area (Å²) < 4.78 is 7.05. The predicted molar refractivity (Wildman–Crippen MR) is 97.2 cm³/mol. The molecule has 0 aliphatic heterocycles. The molecule has 0 amide bonds. The molecule has 0 aliphatic carbocycles. The SMILES string of the molecule is CC[N+](CC)(CC)Cc1ccccc1COc1ccc(N)cc1. The van der Waals surface area contributed by atoms with Gasteiger partial charge in [0.05, 0.1) is 19.6 Å². The third-order valence-electron chi connectivity index (χ3n) is 4.91. The first-order chi connectivity index (χ1) is 11.1. The first-order valence-electron chi connectivity index (χ1n) is 8.52. The third kappa shape index (κ3) is 4.49. The second kappa shape index (κ2) is 8.02. The number of rotatable bonds is 8. The summed E-state index contributed by atoms with van der Waals surface area (Å²) in [6.45, 7) is 11.9. The van der Waals surface area contributed by atoms with Crippen LogP contribution in [0.5, 0.6) is 5.75 Å². The van der Waals surface area contributed by atoms with Gasteiger partial charge in [0.2, 0.25) is 0 Å². The molecular weight excluding hydrogens is 284 g/mol. The molecule has 2 aromatic carbocycles. The summed E-state index contributed by atoms with van der Waals surface area (Å²) in [5.41, 5.74) is 9.12. The lowest BCUT2D eigenvalue weighted by atomic mass is 10.1. The molecule has 23 heavy (non-hydrogen) atoms. The molecule has 0 aliphatic rings. The van der Waals surface area contributed by atoms with Crippen LogP contribution in [0.4, 0.5) is 5.69 Å². The minimum atomic E-state index is 0.594. The molecular formula is C20H29N2O+. The largest absolute Gasteiger partial charge is 0.489 e. The number of hydrogen-bond donors (Lipinski definition) is 1. The summed E-state index contributed by atoms with van der Waals surface area (Å²) in [7, 11) is 0. The maximum atomic E-state index is 5.94. The fraction of sp³-hybridized carbons (Fsp3) is 0.400. The summed E-state index contributed by atoms with van der Waals surface area (Å²) in [6, 6.07) is 16.2. The van der Waals surface area contributed by atoms with Crippen LogP contribution in [0.2, 0.25) is 0 Å². The van der Waals surface area contributed by atoms with Gasteiger partial charge in [-0.1, -0.05) is 24.3 Å². The van der Waals surface area contributed by atoms with Crippen LogP contribution in [0.15, 0.2) is 48.5 Å². The van der Waals surface area contributed by atoms with Crippen molar-refractivity contribution in [1.29, 1.82) is 0 Å². The molecule has 0 saturated heterocycles. The average Bonchev–Trinajstić information content (AvgIpc) is 2.60. The van der Waals surface area contributed by atoms with Gasteiger partial charge < -0.3 is 15.0 Å². The van der Waals surface area contributed by atoms with E-state index in [4.69, 9.17) is 10.5 Å². The highest BCUT2D eigenvalue weighted by Gasteiger charge is 2.22. The first kappa shape index (κ1) is 17.4. The molecule has 2 N–H and O–H groups in total. The lowest BCUT2D eigenvalue weighted by Gasteiger charge is -2.36. The Balaban J connectivity index is 2.12. The van der Waals surface area contributed by atoms with E-state index in [0.717, 1.165) is 42.1 Å². The van der Waals surface area contributed by atoms with E-state index in [1.807, 2.05) is 24.3 Å². The van der Waals surface area contributed by atoms with Crippen LogP contribution >= 0.6 is 0 Å². The van der Waals surface area contributed by atoms with Crippen LogP contribution in [0.1, 0.15) is 31.9 Å². The van der Waals surface area contributed by atoms with Crippen molar-refractivity contribution >= 4 is 5.69 Å². The lowest BCUT2D eigenvalue weighted by Crippen LogP contribution is -2.46. The molecule has 0 saturated carbocycles. The fourth-order valence-corrected chi connectivity index (χ4v) is 2.95. The molecule has 2 aromatic rings. The molecule has 0 spiro atoms. The zero-order chi connectivity index (χ0) is 16.7. The average molecular weight is 313 g/mol. The summed E-state index contributed by atoms with van der Waals surface area (Å²) in [5.74, 6) is 0.858. The van der Waals surface area contributed by atoms with Gasteiger partial charge >= 0.3 is 0 Å². The Kier molecular flexibility index (Phi) is 6.05. The van der Waals surface area contributed by atoms with Crippen LogP contribution in [0, 0.1) is 0 Å². The molecule has 2 rings (SSSR count). The van der Waals surface area contributed by atoms with Gasteiger partial charge in [0.15, 0.2) is 0 Å². The van der Waals surface area contributed by atoms with E-state index in [-0.39, 0.29) is 0 Å². The zero-order valence-corrected chi connectivity index (χ0v) is 14.6. The number of anilines is 1. The van der Waals surface area contributed by atoms with Crippen LogP contribution in [0.3, 0.4) is 0 Å². The van der Waals surface area contributed by atoms with E-state index >= 15 is 0 Å². The number of nitrogen functional groups attached to an aromatic ring is 1. The van der Waals surface area contributed by atoms with Crippen LogP contribution in [-0.2, 0) is 13.2 Å². The summed E-state index contributed by atoms with van der Waals surface area (Å²) >= 11 is 0. The summed E-state index contributed by atoms with van der Waals surface area (Å²) in [4.78, 5) is 0. The van der Waals surface area contributed by atoms with Gasteiger partial charge in [-0.05, 0) is 50.6 Å². The molecule has 3 heteroatoms. The minimum absolute atomic E-state index is 0.594. The van der Waals surface area contributed by atoms with E-state index in [9.17, 15) is 0 Å². The highest BCUT2D eigenvalue weighted by molar-refractivity contribution is 5.41. The van der Waals surface area contributed by atoms with Crippen LogP contribution in [-0.4, -0.2) is 24.1 Å². The number of hydrogen-bond acceptors (Lipinski definition) is 2. The molecule has 0 atom stereocenters. The Morgan fingerprint density at radius 1 is 0.826 bits per heavy atom. The molecule has 124 valence electrons. The van der Waals surface area contributed by atoms with Gasteiger partial charge in [-0.3, -0.25) is 0 Å². The van der Waals surface area contributed by atoms with E-state index < -0.39 is 0 Å². The number of ether oxygens (including phenoxy) is 1. The van der Waals surface area contributed by atoms with Gasteiger partial charge in [0.25, 0.3) is 0 Å². The van der Waals surface area contributed by atoms with Gasteiger partial charge in [-0.25, -0.2) is 0 Å². The van der Waals surface area contributed by atoms with E-state index in [2.05, 4.69) is 45.0 Å². The lowest BCUT2D eigenvalue weighted by molar-refractivity contribution is -0.936. The number of quaternary nitrogens is 1. The Morgan fingerprint density at radius 3 is 1.96 bits per heavy atom. The molecule has 0 bridgehead atoms. The third-order valence-corrected chi connectivity index (χ3v) is 4.91. The quantitative estimate of drug-likeness (QED) is 0.585. The predicted octanol–water partition coefficient (Wildman–Crippen LogP) is 4.22. The van der Waals surface area contributed by atoms with Gasteiger partial charge in [-0.2, -0.15) is 0 Å². The van der Waals surface area contributed by atoms with Crippen LogP contribution < -0.4 is 10.5 Å². The Morgan fingerprint density at radius 2 is 1.39 bits per heavy atom. The summed E-state index contributed by atoms with van der Waals surface area (Å²) in [6.07, 6.45) is 0. The molecule has 0 unspecified atom stereocenters. The second-order valence-electron chi connectivity index (χ2n) is 6.07. The van der Waals surface area contributed by atoms with Gasteiger partial charge in [0.1, 0.15) is 18.9 Å². The Labute approximate surface area is 140 Å². The molecule has 0 fully saturated rings. The van der Waals surface area contributed by atoms with Crippen molar-refractivity contribution in [3.63, 3.8) is 0 Å². The van der Waals surface area contributed by atoms with E-state index in [1.165, 1.54) is 11.1 Å².